The molecule has 4 aromatic rings. The second-order valence-corrected chi connectivity index (χ2v) is 7.93. The smallest absolute Gasteiger partial charge is 0.297 e. The first kappa shape index (κ1) is 16.8. The van der Waals surface area contributed by atoms with Crippen LogP contribution >= 0.6 is 11.3 Å². The van der Waals surface area contributed by atoms with E-state index in [-0.39, 0.29) is 17.1 Å². The van der Waals surface area contributed by atoms with Crippen molar-refractivity contribution in [3.63, 3.8) is 0 Å². The van der Waals surface area contributed by atoms with E-state index in [1.165, 1.54) is 16.2 Å². The molecule has 0 saturated carbocycles. The van der Waals surface area contributed by atoms with E-state index in [9.17, 15) is 9.59 Å². The lowest BCUT2D eigenvalue weighted by molar-refractivity contribution is 0.0970. The number of aryl methyl sites for hydroxylation is 2. The van der Waals surface area contributed by atoms with Gasteiger partial charge in [-0.15, -0.1) is 10.2 Å². The van der Waals surface area contributed by atoms with Crippen molar-refractivity contribution < 1.29 is 9.21 Å². The summed E-state index contributed by atoms with van der Waals surface area (Å²) in [4.78, 5) is 28.2. The summed E-state index contributed by atoms with van der Waals surface area (Å²) in [6, 6.07) is 14.2. The Labute approximate surface area is 164 Å². The van der Waals surface area contributed by atoms with Gasteiger partial charge < -0.3 is 4.42 Å². The van der Waals surface area contributed by atoms with Crippen LogP contribution in [-0.2, 0) is 0 Å². The molecule has 1 aliphatic rings. The molecule has 0 bridgehead atoms. The summed E-state index contributed by atoms with van der Waals surface area (Å²) in [6.07, 6.45) is 0. The molecule has 0 fully saturated rings. The van der Waals surface area contributed by atoms with E-state index >= 15 is 0 Å². The molecule has 138 valence electrons. The summed E-state index contributed by atoms with van der Waals surface area (Å²) in [5, 5.41) is 9.85. The fourth-order valence-corrected chi connectivity index (χ4v) is 4.33. The molecule has 0 aliphatic carbocycles. The molecule has 28 heavy (non-hydrogen) atoms. The van der Waals surface area contributed by atoms with E-state index in [1.54, 1.807) is 12.1 Å². The summed E-state index contributed by atoms with van der Waals surface area (Å²) in [5.41, 5.74) is 2.34. The molecule has 2 aromatic carbocycles. The van der Waals surface area contributed by atoms with E-state index in [4.69, 9.17) is 4.42 Å². The van der Waals surface area contributed by atoms with Gasteiger partial charge in [-0.2, -0.15) is 0 Å². The van der Waals surface area contributed by atoms with Crippen LogP contribution in [0.5, 0.6) is 0 Å². The van der Waals surface area contributed by atoms with Gasteiger partial charge in [0.05, 0.1) is 17.0 Å². The minimum Gasteiger partial charge on any atom is -0.450 e. The summed E-state index contributed by atoms with van der Waals surface area (Å²) in [5.74, 6) is -0.303. The van der Waals surface area contributed by atoms with Crippen LogP contribution in [0, 0.1) is 13.8 Å². The van der Waals surface area contributed by atoms with Crippen LogP contribution in [0.3, 0.4) is 0 Å². The van der Waals surface area contributed by atoms with Crippen LogP contribution in [0.4, 0.5) is 5.13 Å². The predicted octanol–water partition coefficient (Wildman–Crippen LogP) is 4.01. The van der Waals surface area contributed by atoms with E-state index < -0.39 is 6.04 Å². The van der Waals surface area contributed by atoms with Crippen molar-refractivity contribution in [2.75, 3.05) is 4.90 Å². The number of carbonyl (C=O) groups is 1. The molecule has 0 radical (unpaired) electrons. The van der Waals surface area contributed by atoms with Gasteiger partial charge in [0.1, 0.15) is 10.6 Å². The average molecular weight is 389 g/mol. The van der Waals surface area contributed by atoms with Crippen molar-refractivity contribution in [3.8, 4) is 0 Å². The van der Waals surface area contributed by atoms with Crippen LogP contribution in [0.25, 0.3) is 11.0 Å². The largest absolute Gasteiger partial charge is 0.450 e. The third-order valence-electron chi connectivity index (χ3n) is 4.86. The SMILES string of the molecule is Cc1ccc2oc3c(c(=O)c2c1)[C@@H](c1ccccc1)N(c1nnc(C)s1)C3=O. The van der Waals surface area contributed by atoms with Crippen LogP contribution in [0.15, 0.2) is 57.7 Å². The highest BCUT2D eigenvalue weighted by Crippen LogP contribution is 2.41. The van der Waals surface area contributed by atoms with Crippen LogP contribution in [0.1, 0.15) is 38.3 Å². The molecular formula is C21H15N3O3S. The van der Waals surface area contributed by atoms with Gasteiger partial charge in [-0.25, -0.2) is 0 Å². The Hall–Kier alpha value is -3.32. The Bertz CT molecular complexity index is 1290. The van der Waals surface area contributed by atoms with Gasteiger partial charge in [-0.1, -0.05) is 53.3 Å². The zero-order valence-corrected chi connectivity index (χ0v) is 16.0. The van der Waals surface area contributed by atoms with Gasteiger partial charge in [0.25, 0.3) is 5.91 Å². The van der Waals surface area contributed by atoms with Crippen molar-refractivity contribution in [2.45, 2.75) is 19.9 Å². The molecular weight excluding hydrogens is 374 g/mol. The maximum atomic E-state index is 13.4. The van der Waals surface area contributed by atoms with Gasteiger partial charge in [0.15, 0.2) is 5.43 Å². The number of hydrogen-bond donors (Lipinski definition) is 0. The number of benzene rings is 2. The molecule has 3 heterocycles. The van der Waals surface area contributed by atoms with Gasteiger partial charge >= 0.3 is 0 Å². The molecule has 0 spiro atoms. The molecule has 6 nitrogen and oxygen atoms in total. The number of amides is 1. The quantitative estimate of drug-likeness (QED) is 0.518. The van der Waals surface area contributed by atoms with Crippen molar-refractivity contribution in [1.29, 1.82) is 0 Å². The van der Waals surface area contributed by atoms with Crippen molar-refractivity contribution >= 4 is 33.3 Å². The normalized spacial score (nSPS) is 16.0. The van der Waals surface area contributed by atoms with Crippen molar-refractivity contribution in [2.24, 2.45) is 0 Å². The Morgan fingerprint density at radius 2 is 1.82 bits per heavy atom. The van der Waals surface area contributed by atoms with Crippen LogP contribution in [-0.4, -0.2) is 16.1 Å². The summed E-state index contributed by atoms with van der Waals surface area (Å²) in [6.45, 7) is 3.75. The lowest BCUT2D eigenvalue weighted by atomic mass is 9.98. The number of carbonyl (C=O) groups excluding carboxylic acids is 1. The molecule has 0 saturated heterocycles. The Balaban J connectivity index is 1.84. The minimum atomic E-state index is -0.600. The highest BCUT2D eigenvalue weighted by atomic mass is 32.1. The van der Waals surface area contributed by atoms with E-state index in [0.717, 1.165) is 16.1 Å². The molecule has 2 aromatic heterocycles. The zero-order chi connectivity index (χ0) is 19.4. The van der Waals surface area contributed by atoms with Crippen LogP contribution < -0.4 is 10.3 Å². The van der Waals surface area contributed by atoms with Crippen molar-refractivity contribution in [3.05, 3.63) is 86.2 Å². The summed E-state index contributed by atoms with van der Waals surface area (Å²) in [7, 11) is 0. The van der Waals surface area contributed by atoms with Gasteiger partial charge in [-0.05, 0) is 31.5 Å². The number of fused-ring (bicyclic) bond motifs is 2. The third-order valence-corrected chi connectivity index (χ3v) is 5.70. The number of rotatable bonds is 2. The second kappa shape index (κ2) is 6.10. The predicted molar refractivity (Wildman–Crippen MR) is 107 cm³/mol. The molecule has 7 heteroatoms. The first-order chi connectivity index (χ1) is 13.5. The lowest BCUT2D eigenvalue weighted by Crippen LogP contribution is -2.29. The fourth-order valence-electron chi connectivity index (χ4n) is 3.62. The third kappa shape index (κ3) is 2.40. The van der Waals surface area contributed by atoms with Crippen LogP contribution in [0.2, 0.25) is 0 Å². The minimum absolute atomic E-state index is 0.0723. The molecule has 1 atom stereocenters. The van der Waals surface area contributed by atoms with Crippen molar-refractivity contribution in [1.82, 2.24) is 10.2 Å². The van der Waals surface area contributed by atoms with Gasteiger partial charge in [-0.3, -0.25) is 14.5 Å². The second-order valence-electron chi connectivity index (χ2n) is 6.77. The van der Waals surface area contributed by atoms with E-state index in [0.29, 0.717) is 21.7 Å². The maximum Gasteiger partial charge on any atom is 0.297 e. The topological polar surface area (TPSA) is 76.3 Å². The average Bonchev–Trinajstić information content (AvgIpc) is 3.24. The monoisotopic (exact) mass is 389 g/mol. The molecule has 5 rings (SSSR count). The maximum absolute atomic E-state index is 13.4. The molecule has 0 N–H and O–H groups in total. The lowest BCUT2D eigenvalue weighted by Gasteiger charge is -2.21. The summed E-state index contributed by atoms with van der Waals surface area (Å²) < 4.78 is 5.93. The molecule has 0 unspecified atom stereocenters. The highest BCUT2D eigenvalue weighted by molar-refractivity contribution is 7.15. The number of nitrogens with zero attached hydrogens (tertiary/aromatic N) is 3. The van der Waals surface area contributed by atoms with E-state index in [1.807, 2.05) is 50.2 Å². The Kier molecular flexibility index (Phi) is 3.67. The number of anilines is 1. The molecule has 1 amide bonds. The first-order valence-electron chi connectivity index (χ1n) is 8.80. The molecule has 1 aliphatic heterocycles. The zero-order valence-electron chi connectivity index (χ0n) is 15.2. The Morgan fingerprint density at radius 1 is 1.04 bits per heavy atom. The highest BCUT2D eigenvalue weighted by Gasteiger charge is 2.45. The Morgan fingerprint density at radius 3 is 2.54 bits per heavy atom. The first-order valence-corrected chi connectivity index (χ1v) is 9.62. The summed E-state index contributed by atoms with van der Waals surface area (Å²) >= 11 is 1.31. The van der Waals surface area contributed by atoms with E-state index in [2.05, 4.69) is 10.2 Å². The van der Waals surface area contributed by atoms with Gasteiger partial charge in [0, 0.05) is 0 Å². The standard InChI is InChI=1S/C21H15N3O3S/c1-11-8-9-15-14(10-11)18(25)16-17(13-6-4-3-5-7-13)24(20(26)19(16)27-15)21-23-22-12(2)28-21/h3-10,17H,1-2H3/t17-/m1/s1. The number of aromatic nitrogens is 2. The fraction of sp³-hybridized carbons (Fsp3) is 0.143. The number of hydrogen-bond acceptors (Lipinski definition) is 6. The van der Waals surface area contributed by atoms with Gasteiger partial charge in [0.2, 0.25) is 10.9 Å².